The average Bonchev–Trinajstić information content (AvgIpc) is 2.49. The summed E-state index contributed by atoms with van der Waals surface area (Å²) in [7, 11) is 0. The Morgan fingerprint density at radius 1 is 1.30 bits per heavy atom. The minimum Gasteiger partial charge on any atom is -0.456 e. The van der Waals surface area contributed by atoms with Gasteiger partial charge in [0.2, 0.25) is 5.91 Å². The normalized spacial score (nSPS) is 16.0. The molecule has 23 heavy (non-hydrogen) atoms. The summed E-state index contributed by atoms with van der Waals surface area (Å²) in [4.78, 5) is 24.0. The third-order valence-corrected chi connectivity index (χ3v) is 4.78. The summed E-state index contributed by atoms with van der Waals surface area (Å²) in [5.41, 5.74) is 0.310. The van der Waals surface area contributed by atoms with Crippen LogP contribution in [-0.4, -0.2) is 30.6 Å². The first-order valence-electron chi connectivity index (χ1n) is 7.92. The SMILES string of the molecule is CC(=O)Nc1ccc(Br)cc1C(=O)OC(C)(C)C1CC[NH2+]CC1. The van der Waals surface area contributed by atoms with Gasteiger partial charge in [0.25, 0.3) is 0 Å². The molecule has 0 spiro atoms. The van der Waals surface area contributed by atoms with Crippen LogP contribution in [0.3, 0.4) is 0 Å². The zero-order valence-corrected chi connectivity index (χ0v) is 15.4. The molecule has 6 heteroatoms. The molecule has 0 radical (unpaired) electrons. The van der Waals surface area contributed by atoms with Gasteiger partial charge in [-0.25, -0.2) is 4.79 Å². The van der Waals surface area contributed by atoms with E-state index in [0.29, 0.717) is 17.2 Å². The first kappa shape index (κ1) is 17.9. The van der Waals surface area contributed by atoms with Crippen LogP contribution < -0.4 is 10.6 Å². The maximum Gasteiger partial charge on any atom is 0.340 e. The van der Waals surface area contributed by atoms with Crippen molar-refractivity contribution in [1.82, 2.24) is 0 Å². The molecule has 1 heterocycles. The lowest BCUT2D eigenvalue weighted by Crippen LogP contribution is -2.86. The van der Waals surface area contributed by atoms with Crippen molar-refractivity contribution < 1.29 is 19.6 Å². The zero-order valence-electron chi connectivity index (χ0n) is 13.8. The molecule has 0 aliphatic carbocycles. The number of nitrogens with two attached hydrogens (primary N) is 1. The fraction of sp³-hybridized carbons (Fsp3) is 0.529. The van der Waals surface area contributed by atoms with Gasteiger partial charge in [-0.05, 0) is 32.0 Å². The predicted molar refractivity (Wildman–Crippen MR) is 92.3 cm³/mol. The van der Waals surface area contributed by atoms with E-state index in [1.807, 2.05) is 13.8 Å². The van der Waals surface area contributed by atoms with Crippen molar-refractivity contribution in [2.24, 2.45) is 5.92 Å². The maximum atomic E-state index is 12.7. The summed E-state index contributed by atoms with van der Waals surface area (Å²) in [6, 6.07) is 5.16. The van der Waals surface area contributed by atoms with E-state index in [1.54, 1.807) is 18.2 Å². The average molecular weight is 384 g/mol. The second-order valence-corrected chi connectivity index (χ2v) is 7.42. The van der Waals surface area contributed by atoms with Gasteiger partial charge < -0.3 is 15.4 Å². The van der Waals surface area contributed by atoms with Crippen molar-refractivity contribution in [3.63, 3.8) is 0 Å². The van der Waals surface area contributed by atoms with Gasteiger partial charge >= 0.3 is 5.97 Å². The van der Waals surface area contributed by atoms with Gasteiger partial charge in [-0.1, -0.05) is 15.9 Å². The lowest BCUT2D eigenvalue weighted by Gasteiger charge is -2.35. The summed E-state index contributed by atoms with van der Waals surface area (Å²) in [5.74, 6) is -0.272. The number of ether oxygens (including phenoxy) is 1. The molecule has 1 amide bonds. The molecule has 0 aromatic heterocycles. The highest BCUT2D eigenvalue weighted by Gasteiger charge is 2.36. The minimum atomic E-state index is -0.527. The Hall–Kier alpha value is -1.40. The van der Waals surface area contributed by atoms with Crippen LogP contribution in [0.15, 0.2) is 22.7 Å². The number of anilines is 1. The van der Waals surface area contributed by atoms with Gasteiger partial charge in [0.05, 0.1) is 24.3 Å². The van der Waals surface area contributed by atoms with Crippen molar-refractivity contribution in [1.29, 1.82) is 0 Å². The number of quaternary nitrogens is 1. The second-order valence-electron chi connectivity index (χ2n) is 6.50. The summed E-state index contributed by atoms with van der Waals surface area (Å²) in [5, 5.41) is 4.97. The summed E-state index contributed by atoms with van der Waals surface area (Å²) >= 11 is 3.36. The number of amides is 1. The lowest BCUT2D eigenvalue weighted by molar-refractivity contribution is -0.665. The number of rotatable bonds is 4. The largest absolute Gasteiger partial charge is 0.456 e. The number of hydrogen-bond acceptors (Lipinski definition) is 3. The molecule has 126 valence electrons. The number of piperidine rings is 1. The molecule has 0 bridgehead atoms. The van der Waals surface area contributed by atoms with Crippen molar-refractivity contribution in [2.75, 3.05) is 18.4 Å². The summed E-state index contributed by atoms with van der Waals surface area (Å²) in [6.45, 7) is 7.49. The minimum absolute atomic E-state index is 0.219. The van der Waals surface area contributed by atoms with Crippen LogP contribution >= 0.6 is 15.9 Å². The molecule has 1 aliphatic rings. The van der Waals surface area contributed by atoms with Gasteiger partial charge in [0.15, 0.2) is 0 Å². The number of carbonyl (C=O) groups is 2. The third kappa shape index (κ3) is 4.78. The van der Waals surface area contributed by atoms with E-state index in [9.17, 15) is 9.59 Å². The number of carbonyl (C=O) groups excluding carboxylic acids is 2. The van der Waals surface area contributed by atoms with E-state index in [4.69, 9.17) is 4.74 Å². The molecule has 0 saturated carbocycles. The Morgan fingerprint density at radius 3 is 2.57 bits per heavy atom. The Labute approximate surface area is 145 Å². The van der Waals surface area contributed by atoms with Gasteiger partial charge in [-0.3, -0.25) is 4.79 Å². The highest BCUT2D eigenvalue weighted by Crippen LogP contribution is 2.30. The number of benzene rings is 1. The third-order valence-electron chi connectivity index (χ3n) is 4.29. The Balaban J connectivity index is 2.19. The van der Waals surface area contributed by atoms with E-state index in [0.717, 1.165) is 30.4 Å². The number of hydrogen-bond donors (Lipinski definition) is 2. The second kappa shape index (κ2) is 7.45. The molecule has 1 fully saturated rings. The molecule has 0 unspecified atom stereocenters. The van der Waals surface area contributed by atoms with E-state index >= 15 is 0 Å². The first-order chi connectivity index (χ1) is 10.8. The van der Waals surface area contributed by atoms with Crippen LogP contribution in [0, 0.1) is 5.92 Å². The number of halogens is 1. The van der Waals surface area contributed by atoms with Crippen LogP contribution in [-0.2, 0) is 9.53 Å². The van der Waals surface area contributed by atoms with E-state index < -0.39 is 11.6 Å². The lowest BCUT2D eigenvalue weighted by atomic mass is 9.83. The molecular weight excluding hydrogens is 360 g/mol. The Morgan fingerprint density at radius 2 is 1.96 bits per heavy atom. The van der Waals surface area contributed by atoms with E-state index in [1.165, 1.54) is 6.92 Å². The molecular formula is C17H24BrN2O3+. The van der Waals surface area contributed by atoms with Crippen molar-refractivity contribution in [3.8, 4) is 0 Å². The van der Waals surface area contributed by atoms with E-state index in [-0.39, 0.29) is 5.91 Å². The van der Waals surface area contributed by atoms with Crippen molar-refractivity contribution in [3.05, 3.63) is 28.2 Å². The molecule has 0 atom stereocenters. The Bertz CT molecular complexity index is 596. The highest BCUT2D eigenvalue weighted by atomic mass is 79.9. The summed E-state index contributed by atoms with van der Waals surface area (Å²) in [6.07, 6.45) is 2.08. The molecule has 1 saturated heterocycles. The van der Waals surface area contributed by atoms with Crippen LogP contribution in [0.2, 0.25) is 0 Å². The fourth-order valence-electron chi connectivity index (χ4n) is 2.98. The fourth-order valence-corrected chi connectivity index (χ4v) is 3.34. The van der Waals surface area contributed by atoms with Crippen molar-refractivity contribution >= 4 is 33.5 Å². The van der Waals surface area contributed by atoms with Gasteiger partial charge in [0, 0.05) is 30.2 Å². The van der Waals surface area contributed by atoms with Gasteiger partial charge in [-0.15, -0.1) is 0 Å². The smallest absolute Gasteiger partial charge is 0.340 e. The monoisotopic (exact) mass is 383 g/mol. The number of nitrogens with one attached hydrogen (secondary N) is 1. The molecule has 1 aromatic rings. The van der Waals surface area contributed by atoms with Crippen LogP contribution in [0.5, 0.6) is 0 Å². The molecule has 1 aromatic carbocycles. The number of esters is 1. The molecule has 5 nitrogen and oxygen atoms in total. The van der Waals surface area contributed by atoms with Crippen LogP contribution in [0.1, 0.15) is 44.0 Å². The maximum absolute atomic E-state index is 12.7. The Kier molecular flexibility index (Phi) is 5.81. The van der Waals surface area contributed by atoms with Crippen molar-refractivity contribution in [2.45, 2.75) is 39.2 Å². The van der Waals surface area contributed by atoms with Gasteiger partial charge in [-0.2, -0.15) is 0 Å². The first-order valence-corrected chi connectivity index (χ1v) is 8.71. The molecule has 2 rings (SSSR count). The quantitative estimate of drug-likeness (QED) is 0.783. The summed E-state index contributed by atoms with van der Waals surface area (Å²) < 4.78 is 6.58. The highest BCUT2D eigenvalue weighted by molar-refractivity contribution is 9.10. The topological polar surface area (TPSA) is 72.0 Å². The van der Waals surface area contributed by atoms with Gasteiger partial charge in [0.1, 0.15) is 5.60 Å². The standard InChI is InChI=1S/C17H23BrN2O3/c1-11(21)20-15-5-4-13(18)10-14(15)16(22)23-17(2,3)12-6-8-19-9-7-12/h4-5,10,12,19H,6-9H2,1-3H3,(H,20,21)/p+1. The van der Waals surface area contributed by atoms with E-state index in [2.05, 4.69) is 26.6 Å². The van der Waals surface area contributed by atoms with Crippen LogP contribution in [0.4, 0.5) is 5.69 Å². The zero-order chi connectivity index (χ0) is 17.0. The predicted octanol–water partition coefficient (Wildman–Crippen LogP) is 2.32. The van der Waals surface area contributed by atoms with Crippen LogP contribution in [0.25, 0.3) is 0 Å². The molecule has 1 aliphatic heterocycles. The molecule has 3 N–H and O–H groups in total.